The molecule has 1 amide bonds. The largest absolute Gasteiger partial charge is 0.394 e. The zero-order valence-electron chi connectivity index (χ0n) is 12.3. The molecule has 1 unspecified atom stereocenters. The zero-order valence-corrected chi connectivity index (χ0v) is 12.3. The molecular weight excluding hydrogens is 254 g/mol. The van der Waals surface area contributed by atoms with E-state index in [1.54, 1.807) is 0 Å². The summed E-state index contributed by atoms with van der Waals surface area (Å²) in [4.78, 5) is 14.6. The van der Waals surface area contributed by atoms with Gasteiger partial charge in [-0.05, 0) is 32.3 Å². The number of amides is 1. The van der Waals surface area contributed by atoms with E-state index >= 15 is 0 Å². The number of carbonyl (C=O) groups excluding carboxylic acids is 1. The van der Waals surface area contributed by atoms with E-state index in [0.29, 0.717) is 18.5 Å². The van der Waals surface area contributed by atoms with Crippen molar-refractivity contribution in [2.45, 2.75) is 52.0 Å². The molecule has 2 rings (SSSR count). The standard InChI is InChI=1S/C15H23N3O2/c1-3-14-13(9-11(2)16-17-14)15(20)18-8-6-4-5-7-12(18)10-19/h9,12,19H,3-8,10H2,1-2H3. The third kappa shape index (κ3) is 3.15. The molecule has 1 aliphatic heterocycles. The Kier molecular flexibility index (Phi) is 5.06. The van der Waals surface area contributed by atoms with Crippen molar-refractivity contribution in [2.75, 3.05) is 13.2 Å². The second kappa shape index (κ2) is 6.79. The first-order chi connectivity index (χ1) is 9.67. The summed E-state index contributed by atoms with van der Waals surface area (Å²) in [6.07, 6.45) is 4.76. The van der Waals surface area contributed by atoms with Crippen LogP contribution in [0.15, 0.2) is 6.07 Å². The van der Waals surface area contributed by atoms with Gasteiger partial charge >= 0.3 is 0 Å². The monoisotopic (exact) mass is 277 g/mol. The van der Waals surface area contributed by atoms with Gasteiger partial charge < -0.3 is 10.0 Å². The van der Waals surface area contributed by atoms with Gasteiger partial charge in [0.15, 0.2) is 0 Å². The Bertz CT molecular complexity index is 476. The van der Waals surface area contributed by atoms with Gasteiger partial charge in [-0.15, -0.1) is 0 Å². The molecule has 1 aliphatic rings. The number of aliphatic hydroxyl groups is 1. The van der Waals surface area contributed by atoms with E-state index < -0.39 is 0 Å². The van der Waals surface area contributed by atoms with Gasteiger partial charge in [-0.3, -0.25) is 4.79 Å². The molecule has 1 aromatic heterocycles. The Morgan fingerprint density at radius 1 is 1.40 bits per heavy atom. The van der Waals surface area contributed by atoms with E-state index in [2.05, 4.69) is 10.2 Å². The number of aromatic nitrogens is 2. The van der Waals surface area contributed by atoms with Crippen LogP contribution in [0.25, 0.3) is 0 Å². The molecule has 1 aromatic rings. The van der Waals surface area contributed by atoms with Crippen LogP contribution >= 0.6 is 0 Å². The van der Waals surface area contributed by atoms with Gasteiger partial charge in [0.25, 0.3) is 5.91 Å². The Hall–Kier alpha value is -1.49. The van der Waals surface area contributed by atoms with E-state index in [-0.39, 0.29) is 18.6 Å². The Morgan fingerprint density at radius 3 is 2.90 bits per heavy atom. The number of aryl methyl sites for hydroxylation is 2. The smallest absolute Gasteiger partial charge is 0.256 e. The summed E-state index contributed by atoms with van der Waals surface area (Å²) in [5.41, 5.74) is 2.13. The van der Waals surface area contributed by atoms with Gasteiger partial charge in [-0.2, -0.15) is 10.2 Å². The molecule has 20 heavy (non-hydrogen) atoms. The van der Waals surface area contributed by atoms with Crippen molar-refractivity contribution in [2.24, 2.45) is 0 Å². The predicted molar refractivity (Wildman–Crippen MR) is 76.5 cm³/mol. The van der Waals surface area contributed by atoms with E-state index in [0.717, 1.165) is 37.1 Å². The summed E-state index contributed by atoms with van der Waals surface area (Å²) in [5.74, 6) is -0.0131. The number of hydrogen-bond donors (Lipinski definition) is 1. The number of carbonyl (C=O) groups is 1. The fourth-order valence-corrected chi connectivity index (χ4v) is 2.75. The van der Waals surface area contributed by atoms with Crippen molar-refractivity contribution < 1.29 is 9.90 Å². The molecule has 0 saturated carbocycles. The number of hydrogen-bond acceptors (Lipinski definition) is 4. The van der Waals surface area contributed by atoms with Gasteiger partial charge in [0, 0.05) is 6.54 Å². The summed E-state index contributed by atoms with van der Waals surface area (Å²) in [6.45, 7) is 4.57. The number of nitrogens with zero attached hydrogens (tertiary/aromatic N) is 3. The lowest BCUT2D eigenvalue weighted by Crippen LogP contribution is -2.42. The number of likely N-dealkylation sites (tertiary alicyclic amines) is 1. The Labute approximate surface area is 120 Å². The van der Waals surface area contributed by atoms with Crippen molar-refractivity contribution in [3.8, 4) is 0 Å². The Balaban J connectivity index is 2.30. The van der Waals surface area contributed by atoms with Crippen LogP contribution in [0.1, 0.15) is 54.4 Å². The van der Waals surface area contributed by atoms with Crippen molar-refractivity contribution >= 4 is 5.91 Å². The SMILES string of the molecule is CCc1nnc(C)cc1C(=O)N1CCCCCC1CO. The summed E-state index contributed by atoms with van der Waals surface area (Å²) in [5, 5.41) is 17.7. The van der Waals surface area contributed by atoms with Gasteiger partial charge in [0.1, 0.15) is 0 Å². The molecule has 1 saturated heterocycles. The van der Waals surface area contributed by atoms with E-state index in [9.17, 15) is 9.90 Å². The van der Waals surface area contributed by atoms with Crippen molar-refractivity contribution in [3.63, 3.8) is 0 Å². The molecule has 0 radical (unpaired) electrons. The maximum atomic E-state index is 12.8. The number of aliphatic hydroxyl groups excluding tert-OH is 1. The summed E-state index contributed by atoms with van der Waals surface area (Å²) in [7, 11) is 0. The fourth-order valence-electron chi connectivity index (χ4n) is 2.75. The highest BCUT2D eigenvalue weighted by atomic mass is 16.3. The third-order valence-electron chi connectivity index (χ3n) is 3.91. The summed E-state index contributed by atoms with van der Waals surface area (Å²) < 4.78 is 0. The lowest BCUT2D eigenvalue weighted by molar-refractivity contribution is 0.0598. The van der Waals surface area contributed by atoms with Crippen LogP contribution in [-0.2, 0) is 6.42 Å². The van der Waals surface area contributed by atoms with Gasteiger partial charge in [0.05, 0.1) is 29.6 Å². The minimum Gasteiger partial charge on any atom is -0.394 e. The molecule has 2 heterocycles. The molecule has 0 aromatic carbocycles. The number of rotatable bonds is 3. The second-order valence-electron chi connectivity index (χ2n) is 5.38. The van der Waals surface area contributed by atoms with Crippen molar-refractivity contribution in [1.82, 2.24) is 15.1 Å². The summed E-state index contributed by atoms with van der Waals surface area (Å²) >= 11 is 0. The third-order valence-corrected chi connectivity index (χ3v) is 3.91. The highest BCUT2D eigenvalue weighted by Gasteiger charge is 2.27. The Morgan fingerprint density at radius 2 is 2.20 bits per heavy atom. The molecule has 110 valence electrons. The molecule has 5 heteroatoms. The van der Waals surface area contributed by atoms with Crippen molar-refractivity contribution in [3.05, 3.63) is 23.0 Å². The molecule has 0 aliphatic carbocycles. The van der Waals surface area contributed by atoms with Crippen LogP contribution in [0.2, 0.25) is 0 Å². The normalized spacial score (nSPS) is 19.8. The quantitative estimate of drug-likeness (QED) is 0.913. The fraction of sp³-hybridized carbons (Fsp3) is 0.667. The first kappa shape index (κ1) is 14.9. The molecule has 0 spiro atoms. The predicted octanol–water partition coefficient (Wildman–Crippen LogP) is 1.72. The van der Waals surface area contributed by atoms with Gasteiger partial charge in [-0.1, -0.05) is 19.8 Å². The maximum Gasteiger partial charge on any atom is 0.256 e. The zero-order chi connectivity index (χ0) is 14.5. The molecule has 1 N–H and O–H groups in total. The van der Waals surface area contributed by atoms with Crippen molar-refractivity contribution in [1.29, 1.82) is 0 Å². The summed E-state index contributed by atoms with van der Waals surface area (Å²) in [6, 6.07) is 1.75. The lowest BCUT2D eigenvalue weighted by atomic mass is 10.1. The van der Waals surface area contributed by atoms with E-state index in [1.807, 2.05) is 24.8 Å². The first-order valence-corrected chi connectivity index (χ1v) is 7.42. The molecular formula is C15H23N3O2. The highest BCUT2D eigenvalue weighted by molar-refractivity contribution is 5.95. The molecule has 5 nitrogen and oxygen atoms in total. The van der Waals surface area contributed by atoms with E-state index in [4.69, 9.17) is 0 Å². The average Bonchev–Trinajstić information content (AvgIpc) is 2.71. The van der Waals surface area contributed by atoms with Crippen LogP contribution in [0.4, 0.5) is 0 Å². The first-order valence-electron chi connectivity index (χ1n) is 7.42. The highest BCUT2D eigenvalue weighted by Crippen LogP contribution is 2.20. The van der Waals surface area contributed by atoms with Crippen LogP contribution in [-0.4, -0.2) is 45.3 Å². The lowest BCUT2D eigenvalue weighted by Gasteiger charge is -2.29. The maximum absolute atomic E-state index is 12.8. The topological polar surface area (TPSA) is 66.3 Å². The van der Waals surface area contributed by atoms with Crippen LogP contribution < -0.4 is 0 Å². The molecule has 1 fully saturated rings. The average molecular weight is 277 g/mol. The van der Waals surface area contributed by atoms with Crippen LogP contribution in [0, 0.1) is 6.92 Å². The second-order valence-corrected chi connectivity index (χ2v) is 5.38. The minimum atomic E-state index is -0.0665. The van der Waals surface area contributed by atoms with Crippen LogP contribution in [0.5, 0.6) is 0 Å². The van der Waals surface area contributed by atoms with Gasteiger partial charge in [-0.25, -0.2) is 0 Å². The molecule has 0 bridgehead atoms. The minimum absolute atomic E-state index is 0.0131. The molecule has 1 atom stereocenters. The van der Waals surface area contributed by atoms with E-state index in [1.165, 1.54) is 0 Å². The van der Waals surface area contributed by atoms with Gasteiger partial charge in [0.2, 0.25) is 0 Å². The van der Waals surface area contributed by atoms with Crippen LogP contribution in [0.3, 0.4) is 0 Å².